The lowest BCUT2D eigenvalue weighted by Gasteiger charge is -2.11. The van der Waals surface area contributed by atoms with E-state index in [1.54, 1.807) is 14.2 Å². The smallest absolute Gasteiger partial charge is 0.167 e. The van der Waals surface area contributed by atoms with Crippen LogP contribution in [0.4, 0.5) is 0 Å². The van der Waals surface area contributed by atoms with Gasteiger partial charge in [0.1, 0.15) is 6.79 Å². The third-order valence-corrected chi connectivity index (χ3v) is 3.49. The summed E-state index contributed by atoms with van der Waals surface area (Å²) in [6.07, 6.45) is 0.348. The van der Waals surface area contributed by atoms with Crippen molar-refractivity contribution in [3.8, 4) is 0 Å². The molecule has 4 heteroatoms. The molecular weight excluding hydrogens is 292 g/mol. The van der Waals surface area contributed by atoms with Gasteiger partial charge in [-0.3, -0.25) is 4.79 Å². The Balaban J connectivity index is 2.16. The van der Waals surface area contributed by atoms with Crippen LogP contribution >= 0.6 is 0 Å². The van der Waals surface area contributed by atoms with Crippen molar-refractivity contribution in [1.82, 2.24) is 0 Å². The number of hydrogen-bond acceptors (Lipinski definition) is 4. The molecule has 0 saturated carbocycles. The highest BCUT2D eigenvalue weighted by Gasteiger charge is 2.11. The van der Waals surface area contributed by atoms with Gasteiger partial charge in [0.2, 0.25) is 0 Å². The Hall–Kier alpha value is -2.01. The summed E-state index contributed by atoms with van der Waals surface area (Å²) in [5.74, 6) is 0.0953. The van der Waals surface area contributed by atoms with Crippen LogP contribution in [-0.2, 0) is 33.8 Å². The lowest BCUT2D eigenvalue weighted by atomic mass is 9.97. The van der Waals surface area contributed by atoms with Gasteiger partial charge in [-0.25, -0.2) is 0 Å². The van der Waals surface area contributed by atoms with Gasteiger partial charge in [-0.1, -0.05) is 48.5 Å². The Morgan fingerprint density at radius 1 is 0.913 bits per heavy atom. The Morgan fingerprint density at radius 3 is 2.39 bits per heavy atom. The average molecular weight is 314 g/mol. The topological polar surface area (TPSA) is 44.8 Å². The molecule has 0 spiro atoms. The first-order chi connectivity index (χ1) is 11.2. The first-order valence-corrected chi connectivity index (χ1v) is 7.49. The molecule has 0 heterocycles. The average Bonchev–Trinajstić information content (AvgIpc) is 2.58. The number of carbonyl (C=O) groups excluding carboxylic acids is 1. The van der Waals surface area contributed by atoms with Gasteiger partial charge in [0.05, 0.1) is 13.2 Å². The monoisotopic (exact) mass is 314 g/mol. The van der Waals surface area contributed by atoms with Crippen LogP contribution in [0.15, 0.2) is 48.5 Å². The highest BCUT2D eigenvalue weighted by Crippen LogP contribution is 2.17. The Bertz CT molecular complexity index is 623. The number of ether oxygens (including phenoxy) is 3. The molecule has 0 aromatic heterocycles. The molecule has 0 atom stereocenters. The molecule has 0 aliphatic carbocycles. The molecule has 2 aromatic rings. The molecule has 122 valence electrons. The molecule has 2 rings (SSSR count). The van der Waals surface area contributed by atoms with Gasteiger partial charge in [0.15, 0.2) is 5.78 Å². The molecule has 0 aliphatic rings. The zero-order valence-electron chi connectivity index (χ0n) is 13.6. The summed E-state index contributed by atoms with van der Waals surface area (Å²) in [7, 11) is 3.24. The van der Waals surface area contributed by atoms with E-state index in [1.807, 2.05) is 48.5 Å². The van der Waals surface area contributed by atoms with E-state index in [1.165, 1.54) is 0 Å². The SMILES string of the molecule is COCOCc1ccc(COC)c(CC(=O)c2ccccc2)c1. The van der Waals surface area contributed by atoms with E-state index < -0.39 is 0 Å². The van der Waals surface area contributed by atoms with E-state index in [2.05, 4.69) is 0 Å². The number of ketones is 1. The van der Waals surface area contributed by atoms with Crippen molar-refractivity contribution in [2.75, 3.05) is 21.0 Å². The molecule has 0 radical (unpaired) electrons. The van der Waals surface area contributed by atoms with Crippen molar-refractivity contribution in [3.63, 3.8) is 0 Å². The van der Waals surface area contributed by atoms with E-state index >= 15 is 0 Å². The summed E-state index contributed by atoms with van der Waals surface area (Å²) < 4.78 is 15.5. The minimum Gasteiger partial charge on any atom is -0.380 e. The summed E-state index contributed by atoms with van der Waals surface area (Å²) in [6, 6.07) is 15.3. The fraction of sp³-hybridized carbons (Fsp3) is 0.316. The molecule has 23 heavy (non-hydrogen) atoms. The highest BCUT2D eigenvalue weighted by atomic mass is 16.7. The molecule has 0 amide bonds. The second kappa shape index (κ2) is 9.20. The first kappa shape index (κ1) is 17.3. The molecule has 0 bridgehead atoms. The molecule has 0 unspecified atom stereocenters. The van der Waals surface area contributed by atoms with Gasteiger partial charge >= 0.3 is 0 Å². The summed E-state index contributed by atoms with van der Waals surface area (Å²) in [6.45, 7) is 1.18. The van der Waals surface area contributed by atoms with Gasteiger partial charge in [-0.2, -0.15) is 0 Å². The first-order valence-electron chi connectivity index (χ1n) is 7.49. The number of methoxy groups -OCH3 is 2. The maximum Gasteiger partial charge on any atom is 0.167 e. The molecular formula is C19H22O4. The van der Waals surface area contributed by atoms with E-state index in [0.29, 0.717) is 19.6 Å². The van der Waals surface area contributed by atoms with Gasteiger partial charge in [0.25, 0.3) is 0 Å². The second-order valence-electron chi connectivity index (χ2n) is 5.26. The van der Waals surface area contributed by atoms with E-state index in [0.717, 1.165) is 22.3 Å². The number of hydrogen-bond donors (Lipinski definition) is 0. The summed E-state index contributed by atoms with van der Waals surface area (Å²) in [5, 5.41) is 0. The third kappa shape index (κ3) is 5.28. The number of carbonyl (C=O) groups is 1. The van der Waals surface area contributed by atoms with Gasteiger partial charge in [-0.05, 0) is 16.7 Å². The lowest BCUT2D eigenvalue weighted by Crippen LogP contribution is -2.07. The standard InChI is InChI=1S/C19H22O4/c1-21-13-17-9-8-15(12-23-14-22-2)10-18(17)11-19(20)16-6-4-3-5-7-16/h3-10H,11-14H2,1-2H3. The van der Waals surface area contributed by atoms with Crippen molar-refractivity contribution in [3.05, 3.63) is 70.8 Å². The molecule has 0 saturated heterocycles. The van der Waals surface area contributed by atoms with E-state index in [4.69, 9.17) is 14.2 Å². The molecule has 0 N–H and O–H groups in total. The quantitative estimate of drug-likeness (QED) is 0.404. The van der Waals surface area contributed by atoms with E-state index in [9.17, 15) is 4.79 Å². The van der Waals surface area contributed by atoms with Crippen LogP contribution in [0.1, 0.15) is 27.0 Å². The van der Waals surface area contributed by atoms with Crippen molar-refractivity contribution in [2.24, 2.45) is 0 Å². The number of Topliss-reactive ketones (excluding diaryl/α,β-unsaturated/α-hetero) is 1. The molecule has 0 aliphatic heterocycles. The second-order valence-corrected chi connectivity index (χ2v) is 5.26. The summed E-state index contributed by atoms with van der Waals surface area (Å²) in [4.78, 5) is 12.5. The van der Waals surface area contributed by atoms with Crippen molar-refractivity contribution in [1.29, 1.82) is 0 Å². The molecule has 4 nitrogen and oxygen atoms in total. The Labute approximate surface area is 137 Å². The number of rotatable bonds is 9. The maximum atomic E-state index is 12.5. The minimum absolute atomic E-state index is 0.0953. The van der Waals surface area contributed by atoms with Crippen LogP contribution in [0.2, 0.25) is 0 Å². The lowest BCUT2D eigenvalue weighted by molar-refractivity contribution is -0.0390. The fourth-order valence-corrected chi connectivity index (χ4v) is 2.37. The largest absolute Gasteiger partial charge is 0.380 e. The van der Waals surface area contributed by atoms with Crippen LogP contribution in [0.5, 0.6) is 0 Å². The summed E-state index contributed by atoms with van der Waals surface area (Å²) in [5.41, 5.74) is 3.72. The van der Waals surface area contributed by atoms with Gasteiger partial charge in [0, 0.05) is 26.2 Å². The summed E-state index contributed by atoms with van der Waals surface area (Å²) >= 11 is 0. The zero-order valence-corrected chi connectivity index (χ0v) is 13.6. The molecule has 0 fully saturated rings. The Morgan fingerprint density at radius 2 is 1.70 bits per heavy atom. The van der Waals surface area contributed by atoms with Gasteiger partial charge in [-0.15, -0.1) is 0 Å². The Kier molecular flexibility index (Phi) is 6.94. The normalized spacial score (nSPS) is 10.7. The highest BCUT2D eigenvalue weighted by molar-refractivity contribution is 5.97. The van der Waals surface area contributed by atoms with Crippen LogP contribution < -0.4 is 0 Å². The predicted molar refractivity (Wildman–Crippen MR) is 88.3 cm³/mol. The van der Waals surface area contributed by atoms with Crippen LogP contribution in [0, 0.1) is 0 Å². The van der Waals surface area contributed by atoms with Crippen molar-refractivity contribution >= 4 is 5.78 Å². The van der Waals surface area contributed by atoms with Crippen molar-refractivity contribution < 1.29 is 19.0 Å². The van der Waals surface area contributed by atoms with Crippen LogP contribution in [-0.4, -0.2) is 26.8 Å². The van der Waals surface area contributed by atoms with E-state index in [-0.39, 0.29) is 12.6 Å². The number of benzene rings is 2. The fourth-order valence-electron chi connectivity index (χ4n) is 2.37. The van der Waals surface area contributed by atoms with Crippen molar-refractivity contribution in [2.45, 2.75) is 19.6 Å². The minimum atomic E-state index is 0.0953. The van der Waals surface area contributed by atoms with Crippen LogP contribution in [0.25, 0.3) is 0 Å². The molecule has 2 aromatic carbocycles. The zero-order chi connectivity index (χ0) is 16.5. The van der Waals surface area contributed by atoms with Crippen LogP contribution in [0.3, 0.4) is 0 Å². The van der Waals surface area contributed by atoms with Gasteiger partial charge < -0.3 is 14.2 Å². The third-order valence-electron chi connectivity index (χ3n) is 3.49. The predicted octanol–water partition coefficient (Wildman–Crippen LogP) is 3.38. The maximum absolute atomic E-state index is 12.5.